The van der Waals surface area contributed by atoms with Crippen LogP contribution in [0.5, 0.6) is 0 Å². The lowest BCUT2D eigenvalue weighted by molar-refractivity contribution is -0.145. The molecule has 24 heavy (non-hydrogen) atoms. The molecule has 0 amide bonds. The molecule has 0 atom stereocenters. The predicted molar refractivity (Wildman–Crippen MR) is 79.1 cm³/mol. The van der Waals surface area contributed by atoms with Crippen LogP contribution in [-0.4, -0.2) is 21.4 Å². The molecule has 128 valence electrons. The Morgan fingerprint density at radius 1 is 1.33 bits per heavy atom. The van der Waals surface area contributed by atoms with Gasteiger partial charge in [-0.1, -0.05) is 17.7 Å². The van der Waals surface area contributed by atoms with Gasteiger partial charge in [-0.25, -0.2) is 9.37 Å². The van der Waals surface area contributed by atoms with E-state index in [-0.39, 0.29) is 29.2 Å². The second-order valence-corrected chi connectivity index (χ2v) is 5.94. The summed E-state index contributed by atoms with van der Waals surface area (Å²) in [5.41, 5.74) is 0.272. The molecule has 3 rings (SSSR count). The average molecular weight is 362 g/mol. The molecule has 1 aliphatic rings. The largest absolute Gasteiger partial charge is 0.449 e. The molecule has 1 aliphatic heterocycles. The van der Waals surface area contributed by atoms with Crippen LogP contribution in [0.25, 0.3) is 0 Å². The number of rotatable bonds is 2. The lowest BCUT2D eigenvalue weighted by Crippen LogP contribution is -2.36. The summed E-state index contributed by atoms with van der Waals surface area (Å²) in [6.45, 7) is 0.890. The van der Waals surface area contributed by atoms with Crippen molar-refractivity contribution in [1.29, 1.82) is 0 Å². The van der Waals surface area contributed by atoms with Gasteiger partial charge in [-0.2, -0.15) is 13.2 Å². The number of alkyl halides is 3. The minimum Gasteiger partial charge on any atom is -0.303 e. The molecule has 0 bridgehead atoms. The van der Waals surface area contributed by atoms with Gasteiger partial charge in [0.2, 0.25) is 5.82 Å². The molecule has 0 unspecified atom stereocenters. The smallest absolute Gasteiger partial charge is 0.303 e. The fraction of sp³-hybridized carbons (Fsp3) is 0.333. The molecule has 0 spiro atoms. The highest BCUT2D eigenvalue weighted by Gasteiger charge is 2.36. The summed E-state index contributed by atoms with van der Waals surface area (Å²) in [5.74, 6) is -1.76. The van der Waals surface area contributed by atoms with Crippen molar-refractivity contribution in [2.75, 3.05) is 6.54 Å². The Bertz CT molecular complexity index is 834. The van der Waals surface area contributed by atoms with Crippen LogP contribution in [-0.2, 0) is 25.7 Å². The Morgan fingerprint density at radius 2 is 2.08 bits per heavy atom. The third kappa shape index (κ3) is 3.44. The van der Waals surface area contributed by atoms with E-state index in [9.17, 15) is 22.4 Å². The van der Waals surface area contributed by atoms with Crippen LogP contribution in [0.2, 0.25) is 5.02 Å². The fourth-order valence-electron chi connectivity index (χ4n) is 2.65. The molecule has 2 heterocycles. The van der Waals surface area contributed by atoms with Crippen molar-refractivity contribution in [1.82, 2.24) is 14.9 Å². The third-order valence-electron chi connectivity index (χ3n) is 3.83. The maximum atomic E-state index is 13.1. The van der Waals surface area contributed by atoms with Crippen molar-refractivity contribution in [3.8, 4) is 0 Å². The first-order valence-electron chi connectivity index (χ1n) is 7.09. The summed E-state index contributed by atoms with van der Waals surface area (Å²) in [7, 11) is 0. The Hall–Kier alpha value is -1.93. The van der Waals surface area contributed by atoms with E-state index in [2.05, 4.69) is 4.98 Å². The van der Waals surface area contributed by atoms with Crippen molar-refractivity contribution < 1.29 is 17.6 Å². The summed E-state index contributed by atoms with van der Waals surface area (Å²) in [5, 5.41) is 0.246. The van der Waals surface area contributed by atoms with E-state index < -0.39 is 23.4 Å². The number of benzene rings is 1. The van der Waals surface area contributed by atoms with Crippen molar-refractivity contribution in [2.45, 2.75) is 25.7 Å². The van der Waals surface area contributed by atoms with Gasteiger partial charge in [0.05, 0.1) is 5.69 Å². The quantitative estimate of drug-likeness (QED) is 0.836. The third-order valence-corrected chi connectivity index (χ3v) is 4.18. The lowest BCUT2D eigenvalue weighted by atomic mass is 10.1. The predicted octanol–water partition coefficient (Wildman–Crippen LogP) is 3.14. The molecule has 0 saturated carbocycles. The molecule has 0 aliphatic carbocycles. The van der Waals surface area contributed by atoms with Crippen molar-refractivity contribution >= 4 is 11.6 Å². The summed E-state index contributed by atoms with van der Waals surface area (Å²) in [6, 6.07) is 3.98. The van der Waals surface area contributed by atoms with E-state index >= 15 is 0 Å². The molecule has 4 nitrogen and oxygen atoms in total. The maximum absolute atomic E-state index is 13.1. The molecule has 9 heteroatoms. The van der Waals surface area contributed by atoms with Gasteiger partial charge >= 0.3 is 6.18 Å². The summed E-state index contributed by atoms with van der Waals surface area (Å²) in [4.78, 5) is 19.0. The summed E-state index contributed by atoms with van der Waals surface area (Å²) >= 11 is 5.97. The standard InChI is InChI=1S/C15H12ClF4N3O/c16-11-5-9(17)2-1-8(11)6-23-4-3-10-12(7-23)21-14(15(18,19)20)22-13(10)24/h1-2,5H,3-4,6-7H2,(H,21,22,24). The molecular formula is C15H12ClF4N3O. The second-order valence-electron chi connectivity index (χ2n) is 5.53. The Morgan fingerprint density at radius 3 is 2.75 bits per heavy atom. The van der Waals surface area contributed by atoms with Crippen LogP contribution in [0.3, 0.4) is 0 Å². The van der Waals surface area contributed by atoms with Gasteiger partial charge in [-0.3, -0.25) is 9.69 Å². The highest BCUT2D eigenvalue weighted by atomic mass is 35.5. The maximum Gasteiger partial charge on any atom is 0.449 e. The van der Waals surface area contributed by atoms with Crippen LogP contribution in [0, 0.1) is 5.82 Å². The topological polar surface area (TPSA) is 49.0 Å². The van der Waals surface area contributed by atoms with Crippen LogP contribution in [0.15, 0.2) is 23.0 Å². The molecule has 2 aromatic rings. The first kappa shape index (κ1) is 16.9. The van der Waals surface area contributed by atoms with Gasteiger partial charge in [-0.05, 0) is 24.1 Å². The van der Waals surface area contributed by atoms with E-state index in [4.69, 9.17) is 11.6 Å². The normalized spacial score (nSPS) is 15.4. The first-order chi connectivity index (χ1) is 11.2. The molecule has 1 N–H and O–H groups in total. The Kier molecular flexibility index (Phi) is 4.35. The number of hydrogen-bond donors (Lipinski definition) is 1. The minimum absolute atomic E-state index is 0.0933. The van der Waals surface area contributed by atoms with E-state index in [1.807, 2.05) is 4.90 Å². The fourth-order valence-corrected chi connectivity index (χ4v) is 2.88. The van der Waals surface area contributed by atoms with Crippen LogP contribution in [0.4, 0.5) is 17.6 Å². The van der Waals surface area contributed by atoms with Crippen molar-refractivity contribution in [2.24, 2.45) is 0 Å². The zero-order valence-electron chi connectivity index (χ0n) is 12.3. The van der Waals surface area contributed by atoms with Crippen LogP contribution >= 0.6 is 11.6 Å². The van der Waals surface area contributed by atoms with Crippen molar-refractivity contribution in [3.63, 3.8) is 0 Å². The molecule has 0 radical (unpaired) electrons. The first-order valence-corrected chi connectivity index (χ1v) is 7.47. The summed E-state index contributed by atoms with van der Waals surface area (Å²) < 4.78 is 51.4. The number of aromatic amines is 1. The minimum atomic E-state index is -4.71. The van der Waals surface area contributed by atoms with Gasteiger partial charge in [0.1, 0.15) is 5.82 Å². The highest BCUT2D eigenvalue weighted by Crippen LogP contribution is 2.27. The number of fused-ring (bicyclic) bond motifs is 1. The average Bonchev–Trinajstić information content (AvgIpc) is 2.49. The number of nitrogens with zero attached hydrogens (tertiary/aromatic N) is 2. The second kappa shape index (κ2) is 6.18. The number of halogens is 5. The van der Waals surface area contributed by atoms with Crippen LogP contribution in [0.1, 0.15) is 22.6 Å². The molecular weight excluding hydrogens is 350 g/mol. The van der Waals surface area contributed by atoms with E-state index in [0.717, 1.165) is 0 Å². The van der Waals surface area contributed by atoms with Gasteiger partial charge in [-0.15, -0.1) is 0 Å². The van der Waals surface area contributed by atoms with Gasteiger partial charge in [0.15, 0.2) is 0 Å². The van der Waals surface area contributed by atoms with Crippen LogP contribution < -0.4 is 5.56 Å². The Labute approximate surface area is 139 Å². The lowest BCUT2D eigenvalue weighted by Gasteiger charge is -2.28. The van der Waals surface area contributed by atoms with E-state index in [1.165, 1.54) is 18.2 Å². The SMILES string of the molecule is O=c1[nH]c(C(F)(F)F)nc2c1CCN(Cc1ccc(F)cc1Cl)C2. The van der Waals surface area contributed by atoms with Gasteiger partial charge in [0.25, 0.3) is 5.56 Å². The zero-order valence-corrected chi connectivity index (χ0v) is 13.0. The molecule has 0 fully saturated rings. The molecule has 1 aromatic carbocycles. The van der Waals surface area contributed by atoms with Gasteiger partial charge < -0.3 is 4.98 Å². The number of aromatic nitrogens is 2. The van der Waals surface area contributed by atoms with Gasteiger partial charge in [0, 0.05) is 30.2 Å². The number of H-pyrrole nitrogens is 1. The Balaban J connectivity index is 1.86. The highest BCUT2D eigenvalue weighted by molar-refractivity contribution is 6.31. The zero-order chi connectivity index (χ0) is 17.5. The summed E-state index contributed by atoms with van der Waals surface area (Å²) in [6.07, 6.45) is -4.43. The number of nitrogens with one attached hydrogen (secondary N) is 1. The number of hydrogen-bond acceptors (Lipinski definition) is 3. The molecule has 1 aromatic heterocycles. The van der Waals surface area contributed by atoms with Crippen molar-refractivity contribution in [3.05, 3.63) is 62.0 Å². The molecule has 0 saturated heterocycles. The van der Waals surface area contributed by atoms with E-state index in [0.29, 0.717) is 18.7 Å². The van der Waals surface area contributed by atoms with E-state index in [1.54, 1.807) is 4.98 Å². The monoisotopic (exact) mass is 361 g/mol.